The van der Waals surface area contributed by atoms with E-state index in [-0.39, 0.29) is 15.7 Å². The molecule has 14 heavy (non-hydrogen) atoms. The molecule has 0 amide bonds. The smallest absolute Gasteiger partial charge is 0.203 e. The maximum atomic E-state index is 13.2. The number of aromatic nitrogens is 2. The van der Waals surface area contributed by atoms with E-state index in [0.29, 0.717) is 0 Å². The summed E-state index contributed by atoms with van der Waals surface area (Å²) in [5.41, 5.74) is 5.14. The Kier molecular flexibility index (Phi) is 2.12. The SMILES string of the molecule is Nc1nnc(-c2c(F)cccc2F)s1. The van der Waals surface area contributed by atoms with Crippen LogP contribution in [-0.4, -0.2) is 10.2 Å². The van der Waals surface area contributed by atoms with E-state index in [1.54, 1.807) is 0 Å². The Morgan fingerprint density at radius 1 is 1.14 bits per heavy atom. The molecule has 0 aliphatic heterocycles. The van der Waals surface area contributed by atoms with Crippen LogP contribution in [0, 0.1) is 11.6 Å². The van der Waals surface area contributed by atoms with Crippen molar-refractivity contribution in [2.75, 3.05) is 5.73 Å². The van der Waals surface area contributed by atoms with Crippen LogP contribution in [0.1, 0.15) is 0 Å². The van der Waals surface area contributed by atoms with Gasteiger partial charge in [-0.25, -0.2) is 8.78 Å². The molecule has 72 valence electrons. The number of hydrogen-bond donors (Lipinski definition) is 1. The Morgan fingerprint density at radius 2 is 1.79 bits per heavy atom. The van der Waals surface area contributed by atoms with Crippen molar-refractivity contribution >= 4 is 16.5 Å². The van der Waals surface area contributed by atoms with Crippen LogP contribution in [0.5, 0.6) is 0 Å². The number of nitrogen functional groups attached to an aromatic ring is 1. The summed E-state index contributed by atoms with van der Waals surface area (Å²) >= 11 is 0.945. The van der Waals surface area contributed by atoms with Crippen LogP contribution >= 0.6 is 11.3 Å². The number of halogens is 2. The summed E-state index contributed by atoms with van der Waals surface area (Å²) in [4.78, 5) is 0. The molecule has 0 saturated carbocycles. The number of nitrogens with two attached hydrogens (primary N) is 1. The monoisotopic (exact) mass is 213 g/mol. The maximum Gasteiger partial charge on any atom is 0.203 e. The minimum Gasteiger partial charge on any atom is -0.374 e. The highest BCUT2D eigenvalue weighted by atomic mass is 32.1. The molecule has 0 atom stereocenters. The van der Waals surface area contributed by atoms with Crippen LogP contribution in [0.3, 0.4) is 0 Å². The van der Waals surface area contributed by atoms with Crippen molar-refractivity contribution in [1.82, 2.24) is 10.2 Å². The minimum absolute atomic E-state index is 0.151. The Bertz CT molecular complexity index is 449. The first kappa shape index (κ1) is 9.01. The summed E-state index contributed by atoms with van der Waals surface area (Å²) in [5, 5.41) is 7.39. The lowest BCUT2D eigenvalue weighted by molar-refractivity contribution is 0.589. The summed E-state index contributed by atoms with van der Waals surface area (Å²) < 4.78 is 26.4. The van der Waals surface area contributed by atoms with E-state index >= 15 is 0 Å². The first-order chi connectivity index (χ1) is 6.68. The van der Waals surface area contributed by atoms with Gasteiger partial charge in [-0.05, 0) is 12.1 Å². The fourth-order valence-electron chi connectivity index (χ4n) is 1.04. The van der Waals surface area contributed by atoms with Gasteiger partial charge in [0.1, 0.15) is 11.6 Å². The van der Waals surface area contributed by atoms with Gasteiger partial charge in [-0.2, -0.15) is 0 Å². The number of rotatable bonds is 1. The van der Waals surface area contributed by atoms with Crippen molar-refractivity contribution in [3.05, 3.63) is 29.8 Å². The Hall–Kier alpha value is -1.56. The highest BCUT2D eigenvalue weighted by molar-refractivity contribution is 7.18. The normalized spacial score (nSPS) is 10.4. The first-order valence-corrected chi connectivity index (χ1v) is 4.53. The third-order valence-electron chi connectivity index (χ3n) is 1.62. The van der Waals surface area contributed by atoms with Crippen LogP contribution in [0.15, 0.2) is 18.2 Å². The second kappa shape index (κ2) is 3.30. The van der Waals surface area contributed by atoms with E-state index in [0.717, 1.165) is 23.5 Å². The summed E-state index contributed by atoms with van der Waals surface area (Å²) in [7, 11) is 0. The lowest BCUT2D eigenvalue weighted by atomic mass is 10.2. The summed E-state index contributed by atoms with van der Waals surface area (Å²) in [5.74, 6) is -1.33. The Labute approximate surface area is 82.2 Å². The van der Waals surface area contributed by atoms with Crippen molar-refractivity contribution in [3.63, 3.8) is 0 Å². The molecule has 0 fully saturated rings. The van der Waals surface area contributed by atoms with Gasteiger partial charge >= 0.3 is 0 Å². The molecule has 0 aliphatic rings. The number of anilines is 1. The number of benzene rings is 1. The van der Waals surface area contributed by atoms with Gasteiger partial charge in [0.15, 0.2) is 5.01 Å². The molecule has 0 spiro atoms. The fraction of sp³-hybridized carbons (Fsp3) is 0. The zero-order valence-electron chi connectivity index (χ0n) is 6.87. The molecule has 1 aromatic carbocycles. The van der Waals surface area contributed by atoms with Crippen molar-refractivity contribution in [3.8, 4) is 10.6 Å². The third kappa shape index (κ3) is 1.44. The molecule has 0 unspecified atom stereocenters. The molecule has 3 nitrogen and oxygen atoms in total. The van der Waals surface area contributed by atoms with Gasteiger partial charge in [0, 0.05) is 0 Å². The lowest BCUT2D eigenvalue weighted by Gasteiger charge is -1.98. The average molecular weight is 213 g/mol. The maximum absolute atomic E-state index is 13.2. The van der Waals surface area contributed by atoms with Crippen molar-refractivity contribution in [2.45, 2.75) is 0 Å². The third-order valence-corrected chi connectivity index (χ3v) is 2.39. The van der Waals surface area contributed by atoms with Crippen LogP contribution in [0.2, 0.25) is 0 Å². The van der Waals surface area contributed by atoms with Gasteiger partial charge in [0.05, 0.1) is 5.56 Å². The van der Waals surface area contributed by atoms with Gasteiger partial charge in [0.25, 0.3) is 0 Å². The number of hydrogen-bond acceptors (Lipinski definition) is 4. The average Bonchev–Trinajstić information content (AvgIpc) is 2.51. The quantitative estimate of drug-likeness (QED) is 0.788. The zero-order valence-corrected chi connectivity index (χ0v) is 7.68. The van der Waals surface area contributed by atoms with Crippen LogP contribution in [-0.2, 0) is 0 Å². The van der Waals surface area contributed by atoms with Crippen LogP contribution in [0.4, 0.5) is 13.9 Å². The molecule has 1 heterocycles. The second-order valence-electron chi connectivity index (χ2n) is 2.54. The fourth-order valence-corrected chi connectivity index (χ4v) is 1.70. The van der Waals surface area contributed by atoms with Gasteiger partial charge < -0.3 is 5.73 Å². The lowest BCUT2D eigenvalue weighted by Crippen LogP contribution is -1.88. The highest BCUT2D eigenvalue weighted by Gasteiger charge is 2.14. The summed E-state index contributed by atoms with van der Waals surface area (Å²) in [6.45, 7) is 0. The molecule has 6 heteroatoms. The standard InChI is InChI=1S/C8H5F2N3S/c9-4-2-1-3-5(10)6(4)7-12-13-8(11)14-7/h1-3H,(H2,11,13). The first-order valence-electron chi connectivity index (χ1n) is 3.72. The molecular formula is C8H5F2N3S. The van der Waals surface area contributed by atoms with E-state index in [2.05, 4.69) is 10.2 Å². The summed E-state index contributed by atoms with van der Waals surface area (Å²) in [6.07, 6.45) is 0. The molecule has 0 bridgehead atoms. The number of nitrogens with zero attached hydrogens (tertiary/aromatic N) is 2. The Balaban J connectivity index is 2.61. The van der Waals surface area contributed by atoms with Crippen molar-refractivity contribution in [1.29, 1.82) is 0 Å². The van der Waals surface area contributed by atoms with E-state index in [1.807, 2.05) is 0 Å². The minimum atomic E-state index is -0.666. The van der Waals surface area contributed by atoms with E-state index in [1.165, 1.54) is 6.07 Å². The molecule has 2 N–H and O–H groups in total. The van der Waals surface area contributed by atoms with Crippen LogP contribution in [0.25, 0.3) is 10.6 Å². The van der Waals surface area contributed by atoms with Gasteiger partial charge in [-0.15, -0.1) is 10.2 Å². The van der Waals surface area contributed by atoms with Crippen molar-refractivity contribution in [2.24, 2.45) is 0 Å². The van der Waals surface area contributed by atoms with E-state index < -0.39 is 11.6 Å². The molecular weight excluding hydrogens is 208 g/mol. The van der Waals surface area contributed by atoms with Crippen molar-refractivity contribution < 1.29 is 8.78 Å². The largest absolute Gasteiger partial charge is 0.374 e. The topological polar surface area (TPSA) is 51.8 Å². The highest BCUT2D eigenvalue weighted by Crippen LogP contribution is 2.29. The van der Waals surface area contributed by atoms with Crippen LogP contribution < -0.4 is 5.73 Å². The van der Waals surface area contributed by atoms with E-state index in [9.17, 15) is 8.78 Å². The molecule has 0 aliphatic carbocycles. The molecule has 0 saturated heterocycles. The molecule has 2 aromatic rings. The van der Waals surface area contributed by atoms with Gasteiger partial charge in [-0.1, -0.05) is 17.4 Å². The predicted molar refractivity (Wildman–Crippen MR) is 49.7 cm³/mol. The predicted octanol–water partition coefficient (Wildman–Crippen LogP) is 2.07. The van der Waals surface area contributed by atoms with Gasteiger partial charge in [-0.3, -0.25) is 0 Å². The van der Waals surface area contributed by atoms with E-state index in [4.69, 9.17) is 5.73 Å². The molecule has 1 aromatic heterocycles. The second-order valence-corrected chi connectivity index (χ2v) is 3.55. The van der Waals surface area contributed by atoms with Gasteiger partial charge in [0.2, 0.25) is 5.13 Å². The zero-order chi connectivity index (χ0) is 10.1. The Morgan fingerprint density at radius 3 is 2.29 bits per heavy atom. The summed E-state index contributed by atoms with van der Waals surface area (Å²) in [6, 6.07) is 3.62. The molecule has 2 rings (SSSR count). The molecule has 0 radical (unpaired) electrons.